The second kappa shape index (κ2) is 47.5. The van der Waals surface area contributed by atoms with E-state index >= 15 is 0 Å². The van der Waals surface area contributed by atoms with E-state index in [-0.39, 0.29) is 11.8 Å². The van der Waals surface area contributed by atoms with Gasteiger partial charge in [-0.3, -0.25) is 4.79 Å². The second-order valence-electron chi connectivity index (χ2n) is 19.2. The molecule has 0 aliphatic carbocycles. The Morgan fingerprint density at radius 2 is 0.919 bits per heavy atom. The highest BCUT2D eigenvalue weighted by atomic mass is 16.5. The van der Waals surface area contributed by atoms with Gasteiger partial charge in [0.05, 0.1) is 24.2 Å². The summed E-state index contributed by atoms with van der Waals surface area (Å²) in [6, 6.07) is 0. The van der Waals surface area contributed by atoms with Crippen molar-refractivity contribution in [3.8, 4) is 0 Å². The Morgan fingerprint density at radius 3 is 1.40 bits per heavy atom. The maximum Gasteiger partial charge on any atom is 0.223 e. The number of unbranched alkanes of at least 4 members (excludes halogenated alkanes) is 20. The lowest BCUT2D eigenvalue weighted by Gasteiger charge is -2.23. The molecule has 0 aromatic carbocycles. The van der Waals surface area contributed by atoms with Crippen LogP contribution in [0.3, 0.4) is 0 Å². The lowest BCUT2D eigenvalue weighted by atomic mass is 9.93. The van der Waals surface area contributed by atoms with Gasteiger partial charge in [-0.05, 0) is 129 Å². The van der Waals surface area contributed by atoms with E-state index in [0.717, 1.165) is 57.7 Å². The summed E-state index contributed by atoms with van der Waals surface area (Å²) in [6.07, 6.45) is 50.8. The third kappa shape index (κ3) is 37.8. The van der Waals surface area contributed by atoms with Gasteiger partial charge in [0, 0.05) is 25.3 Å². The topological polar surface area (TPSA) is 50.8 Å². The van der Waals surface area contributed by atoms with E-state index in [1.54, 1.807) is 0 Å². The van der Waals surface area contributed by atoms with Crippen molar-refractivity contribution in [1.29, 1.82) is 0 Å². The van der Waals surface area contributed by atoms with Gasteiger partial charge in [0.1, 0.15) is 0 Å². The van der Waals surface area contributed by atoms with E-state index in [0.29, 0.717) is 6.10 Å². The Balaban J connectivity index is 4.72. The molecule has 0 heterocycles. The molecule has 0 saturated carbocycles. The van der Waals surface area contributed by atoms with Crippen LogP contribution in [-0.4, -0.2) is 49.7 Å². The molecule has 5 nitrogen and oxygen atoms in total. The zero-order valence-electron chi connectivity index (χ0n) is 43.6. The number of carbonyl (C=O) groups excluding carboxylic acids is 1. The molecule has 0 radical (unpaired) electrons. The molecule has 0 unspecified atom stereocenters. The Hall–Kier alpha value is -1.49. The summed E-state index contributed by atoms with van der Waals surface area (Å²) >= 11 is 0. The van der Waals surface area contributed by atoms with Gasteiger partial charge in [0.15, 0.2) is 0 Å². The maximum absolute atomic E-state index is 12.6. The Bertz CT molecular complexity index is 966. The molecule has 0 atom stereocenters. The maximum atomic E-state index is 12.6. The molecule has 0 bridgehead atoms. The molecular formula is C57H112N2O3. The summed E-state index contributed by atoms with van der Waals surface area (Å²) < 4.78 is 13.0. The summed E-state index contributed by atoms with van der Waals surface area (Å²) in [6.45, 7) is 23.0. The predicted molar refractivity (Wildman–Crippen MR) is 275 cm³/mol. The average Bonchev–Trinajstić information content (AvgIpc) is 3.28. The van der Waals surface area contributed by atoms with Gasteiger partial charge in [-0.15, -0.1) is 0 Å². The summed E-state index contributed by atoms with van der Waals surface area (Å²) in [5.41, 5.74) is 0. The number of hydrogen-bond donors (Lipinski definition) is 1. The monoisotopic (exact) mass is 873 g/mol. The molecule has 0 rings (SSSR count). The highest BCUT2D eigenvalue weighted by molar-refractivity contribution is 5.78. The average molecular weight is 874 g/mol. The van der Waals surface area contributed by atoms with E-state index in [4.69, 9.17) is 9.47 Å². The molecule has 1 N–H and O–H groups in total. The number of rotatable bonds is 49. The number of amides is 1. The Kier molecular flexibility index (Phi) is 46.3. The van der Waals surface area contributed by atoms with E-state index in [1.165, 1.54) is 224 Å². The smallest absolute Gasteiger partial charge is 0.223 e. The minimum Gasteiger partial charge on any atom is -0.498 e. The van der Waals surface area contributed by atoms with E-state index in [1.807, 2.05) is 0 Å². The molecule has 368 valence electrons. The van der Waals surface area contributed by atoms with Gasteiger partial charge in [-0.25, -0.2) is 0 Å². The first-order chi connectivity index (χ1) is 30.4. The normalized spacial score (nSPS) is 12.5. The second-order valence-corrected chi connectivity index (χ2v) is 19.2. The quantitative estimate of drug-likeness (QED) is 0.0489. The minimum atomic E-state index is 0.159. The van der Waals surface area contributed by atoms with Crippen LogP contribution in [0.2, 0.25) is 0 Å². The first-order valence-electron chi connectivity index (χ1n) is 28.0. The van der Waals surface area contributed by atoms with Crippen molar-refractivity contribution in [1.82, 2.24) is 10.2 Å². The molecule has 0 aliphatic heterocycles. The van der Waals surface area contributed by atoms with E-state index < -0.39 is 0 Å². The molecule has 0 fully saturated rings. The SMILES string of the molecule is C/C=C(/CCCCCCCN(CCCCCCC/C(=C/C)OC(CCCCCCCC)CCCCCCCC)CCCNC(=O)C(CC)CC)OCCC(CCCC)CCCC. The fraction of sp³-hybridized carbons (Fsp3) is 0.912. The summed E-state index contributed by atoms with van der Waals surface area (Å²) in [4.78, 5) is 15.3. The third-order valence-corrected chi connectivity index (χ3v) is 13.6. The number of carbonyl (C=O) groups is 1. The lowest BCUT2D eigenvalue weighted by Crippen LogP contribution is -2.34. The first kappa shape index (κ1) is 60.5. The van der Waals surface area contributed by atoms with Crippen molar-refractivity contribution < 1.29 is 14.3 Å². The van der Waals surface area contributed by atoms with Gasteiger partial charge in [0.2, 0.25) is 5.91 Å². The predicted octanol–water partition coefficient (Wildman–Crippen LogP) is 18.0. The highest BCUT2D eigenvalue weighted by Gasteiger charge is 2.15. The summed E-state index contributed by atoms with van der Waals surface area (Å²) in [5.74, 6) is 3.69. The van der Waals surface area contributed by atoms with Crippen molar-refractivity contribution in [3.63, 3.8) is 0 Å². The molecule has 0 aromatic heterocycles. The van der Waals surface area contributed by atoms with Crippen LogP contribution in [0.4, 0.5) is 0 Å². The fourth-order valence-corrected chi connectivity index (χ4v) is 9.11. The molecular weight excluding hydrogens is 761 g/mol. The van der Waals surface area contributed by atoms with Crippen molar-refractivity contribution >= 4 is 5.91 Å². The first-order valence-corrected chi connectivity index (χ1v) is 28.0. The molecule has 0 aliphatic rings. The lowest BCUT2D eigenvalue weighted by molar-refractivity contribution is -0.125. The summed E-state index contributed by atoms with van der Waals surface area (Å²) in [5, 5.41) is 3.24. The molecule has 1 amide bonds. The largest absolute Gasteiger partial charge is 0.498 e. The van der Waals surface area contributed by atoms with Crippen LogP contribution < -0.4 is 5.32 Å². The van der Waals surface area contributed by atoms with Crippen LogP contribution in [0, 0.1) is 11.8 Å². The summed E-state index contributed by atoms with van der Waals surface area (Å²) in [7, 11) is 0. The van der Waals surface area contributed by atoms with Crippen LogP contribution in [0.15, 0.2) is 23.7 Å². The van der Waals surface area contributed by atoms with E-state index in [9.17, 15) is 4.79 Å². The van der Waals surface area contributed by atoms with Crippen LogP contribution in [-0.2, 0) is 14.3 Å². The number of allylic oxidation sites excluding steroid dienone is 4. The van der Waals surface area contributed by atoms with Crippen LogP contribution >= 0.6 is 0 Å². The standard InChI is InChI=1S/C57H112N2O3/c1-9-17-21-23-27-35-44-56(45-36-28-24-22-18-10-2)62-55(16-8)43-34-30-26-32-38-49-59(50-39-47-58-57(60)53(13-5)14-6)48-37-31-25-29-33-42-54(15-7)61-51-46-52(40-19-11-3)41-20-12-4/h15-16,52-53,56H,9-14,17-51H2,1-8H3,(H,58,60)/b54-15-,55-16-. The zero-order chi connectivity index (χ0) is 45.6. The van der Waals surface area contributed by atoms with Gasteiger partial charge >= 0.3 is 0 Å². The fourth-order valence-electron chi connectivity index (χ4n) is 9.11. The molecule has 0 spiro atoms. The number of ether oxygens (including phenoxy) is 2. The van der Waals surface area contributed by atoms with Crippen molar-refractivity contribution in [2.75, 3.05) is 32.8 Å². The Labute approximate surface area is 389 Å². The van der Waals surface area contributed by atoms with Gasteiger partial charge < -0.3 is 19.7 Å². The highest BCUT2D eigenvalue weighted by Crippen LogP contribution is 2.24. The van der Waals surface area contributed by atoms with E-state index in [2.05, 4.69) is 77.8 Å². The number of hydrogen-bond acceptors (Lipinski definition) is 4. The third-order valence-electron chi connectivity index (χ3n) is 13.6. The molecule has 5 heteroatoms. The van der Waals surface area contributed by atoms with Gasteiger partial charge in [-0.2, -0.15) is 0 Å². The van der Waals surface area contributed by atoms with Crippen LogP contribution in [0.5, 0.6) is 0 Å². The molecule has 0 aromatic rings. The minimum absolute atomic E-state index is 0.159. The Morgan fingerprint density at radius 1 is 0.484 bits per heavy atom. The molecule has 62 heavy (non-hydrogen) atoms. The van der Waals surface area contributed by atoms with Gasteiger partial charge in [-0.1, -0.05) is 183 Å². The van der Waals surface area contributed by atoms with Crippen LogP contribution in [0.1, 0.15) is 287 Å². The van der Waals surface area contributed by atoms with Crippen molar-refractivity contribution in [2.45, 2.75) is 293 Å². The number of nitrogens with one attached hydrogen (secondary N) is 1. The zero-order valence-corrected chi connectivity index (χ0v) is 43.6. The molecule has 0 saturated heterocycles. The van der Waals surface area contributed by atoms with Crippen molar-refractivity contribution in [3.05, 3.63) is 23.7 Å². The number of nitrogens with zero attached hydrogens (tertiary/aromatic N) is 1. The van der Waals surface area contributed by atoms with Crippen molar-refractivity contribution in [2.24, 2.45) is 11.8 Å². The van der Waals surface area contributed by atoms with Gasteiger partial charge in [0.25, 0.3) is 0 Å². The van der Waals surface area contributed by atoms with Crippen LogP contribution in [0.25, 0.3) is 0 Å².